The molecule has 12 heteroatoms. The molecule has 2 saturated heterocycles. The lowest BCUT2D eigenvalue weighted by Crippen LogP contribution is -2.50. The van der Waals surface area contributed by atoms with E-state index < -0.39 is 55.8 Å². The SMILES string of the molecule is Cc1cn([C@H]2C[C@@H]3O[C@@](CCO)(P(=O)(O)O)OC[C@H]3O2)c(=O)[nH]c1=O. The summed E-state index contributed by atoms with van der Waals surface area (Å²) in [4.78, 5) is 44.7. The molecule has 11 nitrogen and oxygen atoms in total. The molecular formula is C13H19N2O9P. The van der Waals surface area contributed by atoms with Gasteiger partial charge in [-0.15, -0.1) is 0 Å². The number of hydrogen-bond acceptors (Lipinski definition) is 7. The molecule has 0 saturated carbocycles. The van der Waals surface area contributed by atoms with Gasteiger partial charge in [0.1, 0.15) is 12.3 Å². The number of nitrogens with one attached hydrogen (secondary N) is 1. The molecule has 0 radical (unpaired) electrons. The van der Waals surface area contributed by atoms with Crippen molar-refractivity contribution in [2.45, 2.75) is 43.7 Å². The number of aliphatic hydroxyl groups excluding tert-OH is 1. The highest BCUT2D eigenvalue weighted by atomic mass is 31.2. The van der Waals surface area contributed by atoms with E-state index in [2.05, 4.69) is 4.98 Å². The van der Waals surface area contributed by atoms with Gasteiger partial charge < -0.3 is 29.1 Å². The van der Waals surface area contributed by atoms with Gasteiger partial charge in [0, 0.05) is 31.2 Å². The Balaban J connectivity index is 1.85. The van der Waals surface area contributed by atoms with Crippen molar-refractivity contribution in [2.75, 3.05) is 13.2 Å². The average Bonchev–Trinajstić information content (AvgIpc) is 2.92. The number of hydrogen-bond donors (Lipinski definition) is 4. The number of nitrogens with zero attached hydrogens (tertiary/aromatic N) is 1. The molecule has 0 bridgehead atoms. The van der Waals surface area contributed by atoms with Crippen LogP contribution in [0.15, 0.2) is 15.8 Å². The van der Waals surface area contributed by atoms with Crippen molar-refractivity contribution >= 4 is 7.60 Å². The molecule has 140 valence electrons. The summed E-state index contributed by atoms with van der Waals surface area (Å²) < 4.78 is 29.4. The van der Waals surface area contributed by atoms with E-state index in [1.807, 2.05) is 0 Å². The van der Waals surface area contributed by atoms with Crippen LogP contribution in [0.5, 0.6) is 0 Å². The second-order valence-corrected chi connectivity index (χ2v) is 7.81. The summed E-state index contributed by atoms with van der Waals surface area (Å²) in [5.74, 6) is 0. The second-order valence-electron chi connectivity index (χ2n) is 6.04. The molecule has 4 atom stereocenters. The molecule has 3 heterocycles. The van der Waals surface area contributed by atoms with Gasteiger partial charge in [0.2, 0.25) is 0 Å². The van der Waals surface area contributed by atoms with Crippen LogP contribution in [-0.4, -0.2) is 55.4 Å². The molecule has 2 aliphatic heterocycles. The highest BCUT2D eigenvalue weighted by molar-refractivity contribution is 7.53. The van der Waals surface area contributed by atoms with E-state index in [-0.39, 0.29) is 13.0 Å². The summed E-state index contributed by atoms with van der Waals surface area (Å²) in [6, 6.07) is 0. The number of aliphatic hydroxyl groups is 1. The molecule has 0 aromatic carbocycles. The molecule has 2 aliphatic rings. The van der Waals surface area contributed by atoms with Crippen molar-refractivity contribution in [1.29, 1.82) is 0 Å². The van der Waals surface area contributed by atoms with Gasteiger partial charge in [-0.05, 0) is 6.92 Å². The third kappa shape index (κ3) is 3.24. The molecule has 0 aliphatic carbocycles. The van der Waals surface area contributed by atoms with Crippen molar-refractivity contribution in [3.8, 4) is 0 Å². The van der Waals surface area contributed by atoms with Gasteiger partial charge in [-0.25, -0.2) is 4.79 Å². The summed E-state index contributed by atoms with van der Waals surface area (Å²) >= 11 is 0. The van der Waals surface area contributed by atoms with Crippen molar-refractivity contribution < 1.29 is 33.7 Å². The normalized spacial score (nSPS) is 32.6. The van der Waals surface area contributed by atoms with Crippen molar-refractivity contribution in [1.82, 2.24) is 9.55 Å². The van der Waals surface area contributed by atoms with Crippen LogP contribution in [-0.2, 0) is 18.8 Å². The Morgan fingerprint density at radius 3 is 2.76 bits per heavy atom. The number of aromatic amines is 1. The van der Waals surface area contributed by atoms with Crippen molar-refractivity contribution in [2.24, 2.45) is 0 Å². The predicted molar refractivity (Wildman–Crippen MR) is 81.9 cm³/mol. The van der Waals surface area contributed by atoms with Gasteiger partial charge in [-0.1, -0.05) is 0 Å². The van der Waals surface area contributed by atoms with Crippen LogP contribution in [0.4, 0.5) is 0 Å². The largest absolute Gasteiger partial charge is 0.396 e. The molecule has 0 spiro atoms. The Morgan fingerprint density at radius 2 is 2.12 bits per heavy atom. The van der Waals surface area contributed by atoms with Crippen LogP contribution in [0, 0.1) is 6.92 Å². The van der Waals surface area contributed by atoms with Gasteiger partial charge in [0.15, 0.2) is 0 Å². The minimum Gasteiger partial charge on any atom is -0.396 e. The second kappa shape index (κ2) is 6.44. The van der Waals surface area contributed by atoms with Crippen molar-refractivity contribution in [3.63, 3.8) is 0 Å². The predicted octanol–water partition coefficient (Wildman–Crippen LogP) is -1.24. The number of fused-ring (bicyclic) bond motifs is 1. The fourth-order valence-electron chi connectivity index (χ4n) is 3.00. The van der Waals surface area contributed by atoms with Crippen molar-refractivity contribution in [3.05, 3.63) is 32.6 Å². The van der Waals surface area contributed by atoms with Gasteiger partial charge in [-0.2, -0.15) is 0 Å². The topological polar surface area (TPSA) is 160 Å². The first-order valence-corrected chi connectivity index (χ1v) is 9.24. The smallest absolute Gasteiger partial charge is 0.384 e. The minimum atomic E-state index is -4.83. The lowest BCUT2D eigenvalue weighted by molar-refractivity contribution is -0.279. The zero-order chi connectivity index (χ0) is 18.4. The Morgan fingerprint density at radius 1 is 1.40 bits per heavy atom. The number of H-pyrrole nitrogens is 1. The van der Waals surface area contributed by atoms with Gasteiger partial charge >= 0.3 is 13.3 Å². The highest BCUT2D eigenvalue weighted by Gasteiger charge is 2.57. The molecule has 1 aromatic rings. The number of aromatic nitrogens is 2. The summed E-state index contributed by atoms with van der Waals surface area (Å²) in [6.07, 6.45) is -1.06. The standard InChI is InChI=1S/C13H19N2O9P/c1-7-5-15(12(18)14-11(7)17)10-4-8-9(23-10)6-22-13(24-8,2-3-16)25(19,20)21/h5,8-10,16H,2-4,6H2,1H3,(H,14,17,18)(H2,19,20,21)/t8-,9+,10+,13-/m0/s1. The van der Waals surface area contributed by atoms with E-state index in [1.54, 1.807) is 0 Å². The highest BCUT2D eigenvalue weighted by Crippen LogP contribution is 2.57. The van der Waals surface area contributed by atoms with E-state index in [0.717, 1.165) is 0 Å². The zero-order valence-electron chi connectivity index (χ0n) is 13.3. The van der Waals surface area contributed by atoms with Gasteiger partial charge in [0.25, 0.3) is 11.1 Å². The van der Waals surface area contributed by atoms with E-state index >= 15 is 0 Å². The van der Waals surface area contributed by atoms with Crippen LogP contribution in [0.25, 0.3) is 0 Å². The van der Waals surface area contributed by atoms with Crippen LogP contribution in [0.1, 0.15) is 24.6 Å². The molecule has 0 amide bonds. The van der Waals surface area contributed by atoms with Gasteiger partial charge in [-0.3, -0.25) is 18.9 Å². The number of rotatable bonds is 4. The minimum absolute atomic E-state index is 0.132. The summed E-state index contributed by atoms with van der Waals surface area (Å²) in [6.45, 7) is 0.838. The van der Waals surface area contributed by atoms with Crippen LogP contribution >= 0.6 is 7.60 Å². The number of ether oxygens (including phenoxy) is 3. The van der Waals surface area contributed by atoms with Crippen LogP contribution in [0.3, 0.4) is 0 Å². The fraction of sp³-hybridized carbons (Fsp3) is 0.692. The third-order valence-corrected chi connectivity index (χ3v) is 5.66. The Bertz CT molecular complexity index is 814. The summed E-state index contributed by atoms with van der Waals surface area (Å²) in [5.41, 5.74) is -3.07. The lowest BCUT2D eigenvalue weighted by Gasteiger charge is -2.41. The molecule has 4 N–H and O–H groups in total. The van der Waals surface area contributed by atoms with E-state index in [0.29, 0.717) is 5.56 Å². The maximum atomic E-state index is 12.0. The maximum absolute atomic E-state index is 12.0. The first-order chi connectivity index (χ1) is 11.7. The fourth-order valence-corrected chi connectivity index (χ4v) is 3.91. The molecule has 0 unspecified atom stereocenters. The summed E-state index contributed by atoms with van der Waals surface area (Å²) in [7, 11) is -4.83. The lowest BCUT2D eigenvalue weighted by atomic mass is 10.1. The molecule has 2 fully saturated rings. The Kier molecular flexibility index (Phi) is 4.75. The molecule has 25 heavy (non-hydrogen) atoms. The molecular weight excluding hydrogens is 359 g/mol. The first-order valence-electron chi connectivity index (χ1n) is 7.62. The zero-order valence-corrected chi connectivity index (χ0v) is 14.2. The van der Waals surface area contributed by atoms with Crippen LogP contribution in [0.2, 0.25) is 0 Å². The van der Waals surface area contributed by atoms with E-state index in [4.69, 9.17) is 19.3 Å². The third-order valence-electron chi connectivity index (χ3n) is 4.32. The average molecular weight is 378 g/mol. The summed E-state index contributed by atoms with van der Waals surface area (Å²) in [5, 5.41) is 9.10. The monoisotopic (exact) mass is 378 g/mol. The van der Waals surface area contributed by atoms with E-state index in [9.17, 15) is 23.9 Å². The quantitative estimate of drug-likeness (QED) is 0.470. The van der Waals surface area contributed by atoms with Gasteiger partial charge in [0.05, 0.1) is 12.7 Å². The molecule has 1 aromatic heterocycles. The maximum Gasteiger partial charge on any atom is 0.384 e. The van der Waals surface area contributed by atoms with Crippen LogP contribution < -0.4 is 11.2 Å². The Hall–Kier alpha value is -1.33. The Labute approximate surface area is 141 Å². The first kappa shape index (κ1) is 18.5. The number of aryl methyl sites for hydroxylation is 1. The molecule has 3 rings (SSSR count). The van der Waals surface area contributed by atoms with E-state index in [1.165, 1.54) is 17.7 Å².